The van der Waals surface area contributed by atoms with E-state index in [1.165, 1.54) is 122 Å². The topological polar surface area (TPSA) is 28.3 Å². The second kappa shape index (κ2) is 11.6. The van der Waals surface area contributed by atoms with E-state index in [1.54, 1.807) is 20.9 Å². The molecule has 2 N–H and O–H groups in total. The number of hydrogen-bond donors (Lipinski definition) is 0. The summed E-state index contributed by atoms with van der Waals surface area (Å²) in [7, 11) is 0. The molecule has 2 heterocycles. The Balaban J connectivity index is 1.02. The molecule has 0 saturated carbocycles. The van der Waals surface area contributed by atoms with Crippen LogP contribution in [-0.4, -0.2) is 11.5 Å². The lowest BCUT2D eigenvalue weighted by atomic mass is 9.94. The largest absolute Gasteiger partial charge is 0.212 e. The zero-order valence-corrected chi connectivity index (χ0v) is 23.0. The number of aryl methyl sites for hydroxylation is 2. The number of nitrogens with one attached hydrogen (secondary N) is 2. The van der Waals surface area contributed by atoms with Crippen LogP contribution >= 0.6 is 23.5 Å². The number of hydrogen-bond acceptors (Lipinski definition) is 2. The van der Waals surface area contributed by atoms with Crippen molar-refractivity contribution in [1.29, 1.82) is 0 Å². The first kappa shape index (κ1) is 24.3. The standard InChI is InChI=1S/C32H36N2S2/c1(11-21-35-31-23-13-3-7-17-27(23)33-28-18-8-4-14-24(28)31)2-12-22-36-32-25-15-5-9-19-29(25)34-30-20-10-6-16-26(30)32/h3,5,7,9,13,15,17,19H,1-2,4,6,8,10-12,14,16,18,20-22H2/p+2. The van der Waals surface area contributed by atoms with Gasteiger partial charge in [-0.2, -0.15) is 0 Å². The molecule has 0 atom stereocenters. The van der Waals surface area contributed by atoms with E-state index in [4.69, 9.17) is 0 Å². The molecule has 0 bridgehead atoms. The molecule has 0 fully saturated rings. The van der Waals surface area contributed by atoms with E-state index in [2.05, 4.69) is 82.0 Å². The Bertz CT molecular complexity index is 1260. The average Bonchev–Trinajstić information content (AvgIpc) is 2.93. The van der Waals surface area contributed by atoms with Crippen LogP contribution in [-0.2, 0) is 25.7 Å². The third-order valence-electron chi connectivity index (χ3n) is 7.93. The van der Waals surface area contributed by atoms with Gasteiger partial charge in [-0.15, -0.1) is 23.5 Å². The quantitative estimate of drug-likeness (QED) is 0.168. The molecule has 6 rings (SSSR count). The Kier molecular flexibility index (Phi) is 7.81. The molecule has 2 aromatic carbocycles. The van der Waals surface area contributed by atoms with Crippen molar-refractivity contribution < 1.29 is 9.97 Å². The summed E-state index contributed by atoms with van der Waals surface area (Å²) in [5.74, 6) is 2.47. The Morgan fingerprint density at radius 2 is 0.972 bits per heavy atom. The molecule has 36 heavy (non-hydrogen) atoms. The van der Waals surface area contributed by atoms with Crippen molar-refractivity contribution >= 4 is 45.3 Å². The molecule has 0 unspecified atom stereocenters. The summed E-state index contributed by atoms with van der Waals surface area (Å²) in [6, 6.07) is 17.8. The molecule has 0 aliphatic heterocycles. The SMILES string of the molecule is c1ccc2c(SCCCCCCSc3c4c([nH+]c5ccccc35)CCCC4)c3c([nH+]c2c1)CCCC3. The van der Waals surface area contributed by atoms with Crippen LogP contribution in [0.3, 0.4) is 0 Å². The van der Waals surface area contributed by atoms with Crippen LogP contribution in [0.15, 0.2) is 58.3 Å². The number of aromatic nitrogens is 2. The second-order valence-corrected chi connectivity index (χ2v) is 12.6. The van der Waals surface area contributed by atoms with Crippen LogP contribution in [0.5, 0.6) is 0 Å². The number of aromatic amines is 2. The minimum Gasteiger partial charge on any atom is -0.208 e. The van der Waals surface area contributed by atoms with Gasteiger partial charge in [0.15, 0.2) is 11.4 Å². The molecule has 2 aromatic heterocycles. The Morgan fingerprint density at radius 1 is 0.528 bits per heavy atom. The van der Waals surface area contributed by atoms with Crippen molar-refractivity contribution in [3.8, 4) is 0 Å². The number of pyridine rings is 2. The van der Waals surface area contributed by atoms with Gasteiger partial charge in [0.25, 0.3) is 0 Å². The molecular weight excluding hydrogens is 477 g/mol. The molecular formula is C32H38N2S2+2. The van der Waals surface area contributed by atoms with E-state index < -0.39 is 0 Å². The fourth-order valence-corrected chi connectivity index (χ4v) is 8.63. The first-order valence-corrected chi connectivity index (χ1v) is 16.0. The van der Waals surface area contributed by atoms with Gasteiger partial charge in [0.2, 0.25) is 11.0 Å². The van der Waals surface area contributed by atoms with Crippen molar-refractivity contribution in [2.45, 2.75) is 86.8 Å². The van der Waals surface area contributed by atoms with E-state index in [9.17, 15) is 0 Å². The molecule has 4 heteroatoms. The Labute approximate surface area is 224 Å². The molecule has 0 radical (unpaired) electrons. The summed E-state index contributed by atoms with van der Waals surface area (Å²) in [5.41, 5.74) is 8.83. The number of para-hydroxylation sites is 2. The Hall–Kier alpha value is -2.04. The summed E-state index contributed by atoms with van der Waals surface area (Å²) in [6.07, 6.45) is 15.5. The molecule has 0 saturated heterocycles. The van der Waals surface area contributed by atoms with Gasteiger partial charge in [-0.25, -0.2) is 9.97 Å². The molecule has 4 aromatic rings. The van der Waals surface area contributed by atoms with Gasteiger partial charge >= 0.3 is 0 Å². The summed E-state index contributed by atoms with van der Waals surface area (Å²) in [5, 5.41) is 2.85. The van der Waals surface area contributed by atoms with E-state index in [0.717, 1.165) is 0 Å². The number of rotatable bonds is 9. The van der Waals surface area contributed by atoms with E-state index >= 15 is 0 Å². The molecule has 2 nitrogen and oxygen atoms in total. The maximum Gasteiger partial charge on any atom is 0.212 e. The zero-order chi connectivity index (χ0) is 24.2. The van der Waals surface area contributed by atoms with Crippen molar-refractivity contribution in [2.24, 2.45) is 0 Å². The minimum atomic E-state index is 1.21. The van der Waals surface area contributed by atoms with E-state index in [-0.39, 0.29) is 0 Å². The first-order chi connectivity index (χ1) is 17.9. The molecule has 186 valence electrons. The third kappa shape index (κ3) is 5.17. The maximum absolute atomic E-state index is 3.74. The number of thioether (sulfide) groups is 2. The maximum atomic E-state index is 3.74. The number of fused-ring (bicyclic) bond motifs is 4. The van der Waals surface area contributed by atoms with E-state index in [1.807, 2.05) is 0 Å². The van der Waals surface area contributed by atoms with Crippen molar-refractivity contribution in [1.82, 2.24) is 0 Å². The monoisotopic (exact) mass is 514 g/mol. The third-order valence-corrected chi connectivity index (χ3v) is 10.4. The highest BCUT2D eigenvalue weighted by Gasteiger charge is 2.24. The van der Waals surface area contributed by atoms with Gasteiger partial charge in [0.05, 0.1) is 10.8 Å². The van der Waals surface area contributed by atoms with Gasteiger partial charge in [0.1, 0.15) is 0 Å². The highest BCUT2D eigenvalue weighted by Crippen LogP contribution is 2.36. The minimum absolute atomic E-state index is 1.21. The van der Waals surface area contributed by atoms with Gasteiger partial charge in [-0.3, -0.25) is 0 Å². The Morgan fingerprint density at radius 3 is 1.47 bits per heavy atom. The summed E-state index contributed by atoms with van der Waals surface area (Å²) >= 11 is 4.23. The molecule has 0 amide bonds. The van der Waals surface area contributed by atoms with Gasteiger partial charge in [-0.1, -0.05) is 37.1 Å². The van der Waals surface area contributed by atoms with Gasteiger partial charge in [0, 0.05) is 45.9 Å². The van der Waals surface area contributed by atoms with Crippen LogP contribution in [0.25, 0.3) is 21.8 Å². The van der Waals surface area contributed by atoms with Crippen molar-refractivity contribution in [3.05, 3.63) is 71.0 Å². The van der Waals surface area contributed by atoms with Crippen LogP contribution < -0.4 is 9.97 Å². The highest BCUT2D eigenvalue weighted by molar-refractivity contribution is 7.99. The fourth-order valence-electron chi connectivity index (χ4n) is 6.05. The van der Waals surface area contributed by atoms with Crippen LogP contribution in [0.1, 0.15) is 73.9 Å². The van der Waals surface area contributed by atoms with Crippen LogP contribution in [0.2, 0.25) is 0 Å². The lowest BCUT2D eigenvalue weighted by Crippen LogP contribution is -2.20. The normalized spacial score (nSPS) is 15.2. The lowest BCUT2D eigenvalue weighted by Gasteiger charge is -2.17. The summed E-state index contributed by atoms with van der Waals surface area (Å²) < 4.78 is 0. The molecule has 0 spiro atoms. The summed E-state index contributed by atoms with van der Waals surface area (Å²) in [6.45, 7) is 0. The molecule has 2 aliphatic rings. The average molecular weight is 515 g/mol. The van der Waals surface area contributed by atoms with Crippen LogP contribution in [0, 0.1) is 0 Å². The molecule has 2 aliphatic carbocycles. The first-order valence-electron chi connectivity index (χ1n) is 14.1. The van der Waals surface area contributed by atoms with Crippen LogP contribution in [0.4, 0.5) is 0 Å². The highest BCUT2D eigenvalue weighted by atomic mass is 32.2. The second-order valence-electron chi connectivity index (χ2n) is 10.4. The number of benzene rings is 2. The number of H-pyrrole nitrogens is 2. The number of unbranched alkanes of at least 4 members (excludes halogenated alkanes) is 3. The smallest absolute Gasteiger partial charge is 0.208 e. The lowest BCUT2D eigenvalue weighted by molar-refractivity contribution is -0.360. The summed E-state index contributed by atoms with van der Waals surface area (Å²) in [4.78, 5) is 10.6. The van der Waals surface area contributed by atoms with E-state index in [0.29, 0.717) is 0 Å². The van der Waals surface area contributed by atoms with Crippen molar-refractivity contribution in [3.63, 3.8) is 0 Å². The predicted molar refractivity (Wildman–Crippen MR) is 154 cm³/mol. The predicted octanol–water partition coefficient (Wildman–Crippen LogP) is 7.82. The fraction of sp³-hybridized carbons (Fsp3) is 0.438. The van der Waals surface area contributed by atoms with Gasteiger partial charge in [-0.05, 0) is 75.0 Å². The van der Waals surface area contributed by atoms with Gasteiger partial charge < -0.3 is 0 Å². The van der Waals surface area contributed by atoms with Crippen molar-refractivity contribution in [2.75, 3.05) is 11.5 Å². The zero-order valence-electron chi connectivity index (χ0n) is 21.3.